The molecule has 1 aliphatic rings. The first-order valence-corrected chi connectivity index (χ1v) is 6.29. The van der Waals surface area contributed by atoms with E-state index in [0.29, 0.717) is 10.6 Å². The van der Waals surface area contributed by atoms with Crippen molar-refractivity contribution in [1.82, 2.24) is 10.3 Å². The van der Waals surface area contributed by atoms with E-state index in [1.807, 2.05) is 6.07 Å². The van der Waals surface area contributed by atoms with Gasteiger partial charge in [-0.1, -0.05) is 18.3 Å². The summed E-state index contributed by atoms with van der Waals surface area (Å²) in [5.74, 6) is -0.937. The number of Topliss-reactive ketones (excluding diaryl/α,β-unsaturated/α-hetero) is 1. The molecule has 4 nitrogen and oxygen atoms in total. The summed E-state index contributed by atoms with van der Waals surface area (Å²) in [5.41, 5.74) is 2.16. The highest BCUT2D eigenvalue weighted by molar-refractivity contribution is 7.80. The van der Waals surface area contributed by atoms with Crippen molar-refractivity contribution in [3.05, 3.63) is 41.4 Å². The van der Waals surface area contributed by atoms with E-state index in [4.69, 9.17) is 12.2 Å². The number of pyridine rings is 1. The van der Waals surface area contributed by atoms with Gasteiger partial charge >= 0.3 is 0 Å². The summed E-state index contributed by atoms with van der Waals surface area (Å²) in [5, 5.41) is 12.3. The van der Waals surface area contributed by atoms with Crippen molar-refractivity contribution < 1.29 is 4.79 Å². The maximum Gasteiger partial charge on any atom is 0.158 e. The fourth-order valence-corrected chi connectivity index (χ4v) is 2.76. The Balaban J connectivity index is 2.62. The highest BCUT2D eigenvalue weighted by Gasteiger charge is 2.37. The number of nitrogens with zero attached hydrogens (tertiary/aromatic N) is 2. The van der Waals surface area contributed by atoms with Crippen LogP contribution in [0.4, 0.5) is 0 Å². The van der Waals surface area contributed by atoms with E-state index < -0.39 is 5.92 Å². The number of carbonyl (C=O) groups is 1. The van der Waals surface area contributed by atoms with Crippen LogP contribution in [0, 0.1) is 17.2 Å². The van der Waals surface area contributed by atoms with Gasteiger partial charge < -0.3 is 5.32 Å². The number of nitriles is 1. The summed E-state index contributed by atoms with van der Waals surface area (Å²) >= 11 is 5.22. The smallest absolute Gasteiger partial charge is 0.158 e. The van der Waals surface area contributed by atoms with Gasteiger partial charge in [0.2, 0.25) is 0 Å². The van der Waals surface area contributed by atoms with Crippen molar-refractivity contribution in [2.45, 2.75) is 19.8 Å². The number of ketones is 1. The van der Waals surface area contributed by atoms with Crippen LogP contribution in [0.25, 0.3) is 0 Å². The molecule has 0 aliphatic carbocycles. The van der Waals surface area contributed by atoms with Gasteiger partial charge in [0.15, 0.2) is 5.78 Å². The molecule has 0 unspecified atom stereocenters. The lowest BCUT2D eigenvalue weighted by Crippen LogP contribution is -2.39. The van der Waals surface area contributed by atoms with Crippen LogP contribution in [0.2, 0.25) is 0 Å². The third kappa shape index (κ3) is 2.40. The van der Waals surface area contributed by atoms with Gasteiger partial charge in [-0.3, -0.25) is 9.78 Å². The molecule has 2 atom stereocenters. The number of thiocarbonyl (C=S) groups is 1. The van der Waals surface area contributed by atoms with E-state index in [-0.39, 0.29) is 11.7 Å². The lowest BCUT2D eigenvalue weighted by molar-refractivity contribution is -0.114. The minimum absolute atomic E-state index is 0.0541. The first-order valence-electron chi connectivity index (χ1n) is 5.88. The van der Waals surface area contributed by atoms with E-state index >= 15 is 0 Å². The van der Waals surface area contributed by atoms with Gasteiger partial charge in [-0.05, 0) is 25.5 Å². The van der Waals surface area contributed by atoms with Crippen LogP contribution in [0.1, 0.15) is 25.3 Å². The number of nitrogens with one attached hydrogen (secondary N) is 1. The summed E-state index contributed by atoms with van der Waals surface area (Å²) in [6.07, 6.45) is 3.34. The molecule has 1 aromatic rings. The molecule has 5 heteroatoms. The molecule has 0 spiro atoms. The van der Waals surface area contributed by atoms with Crippen molar-refractivity contribution in [2.24, 2.45) is 5.92 Å². The Morgan fingerprint density at radius 2 is 2.32 bits per heavy atom. The summed E-state index contributed by atoms with van der Waals surface area (Å²) in [4.78, 5) is 16.4. The number of rotatable bonds is 2. The second kappa shape index (κ2) is 5.29. The molecule has 0 saturated heterocycles. The fraction of sp³-hybridized carbons (Fsp3) is 0.286. The van der Waals surface area contributed by atoms with Crippen molar-refractivity contribution in [2.75, 3.05) is 0 Å². The molecule has 0 amide bonds. The van der Waals surface area contributed by atoms with Crippen molar-refractivity contribution in [3.8, 4) is 6.07 Å². The first kappa shape index (κ1) is 13.4. The zero-order valence-corrected chi connectivity index (χ0v) is 11.5. The number of carbonyl (C=O) groups excluding carboxylic acids is 1. The Morgan fingerprint density at radius 1 is 1.58 bits per heavy atom. The highest BCUT2D eigenvalue weighted by atomic mass is 32.1. The number of aromatic nitrogens is 1. The molecule has 0 bridgehead atoms. The molecule has 1 N–H and O–H groups in total. The van der Waals surface area contributed by atoms with Crippen LogP contribution in [0.15, 0.2) is 35.8 Å². The maximum atomic E-state index is 11.9. The van der Waals surface area contributed by atoms with Crippen LogP contribution in [0.3, 0.4) is 0 Å². The zero-order chi connectivity index (χ0) is 14.0. The van der Waals surface area contributed by atoms with Crippen LogP contribution in [0.5, 0.6) is 0 Å². The largest absolute Gasteiger partial charge is 0.352 e. The van der Waals surface area contributed by atoms with Crippen molar-refractivity contribution >= 4 is 23.0 Å². The van der Waals surface area contributed by atoms with Crippen LogP contribution >= 0.6 is 12.2 Å². The van der Waals surface area contributed by atoms with Crippen LogP contribution in [-0.2, 0) is 4.79 Å². The molecule has 1 aliphatic heterocycles. The quantitative estimate of drug-likeness (QED) is 0.834. The second-order valence-corrected chi connectivity index (χ2v) is 4.89. The average Bonchev–Trinajstić information content (AvgIpc) is 2.38. The van der Waals surface area contributed by atoms with Gasteiger partial charge in [-0.15, -0.1) is 0 Å². The molecule has 96 valence electrons. The summed E-state index contributed by atoms with van der Waals surface area (Å²) in [6, 6.07) is 5.85. The van der Waals surface area contributed by atoms with Gasteiger partial charge in [0.25, 0.3) is 0 Å². The third-order valence-electron chi connectivity index (χ3n) is 3.20. The molecule has 0 fully saturated rings. The first-order chi connectivity index (χ1) is 9.06. The summed E-state index contributed by atoms with van der Waals surface area (Å²) in [7, 11) is 0. The number of hydrogen-bond acceptors (Lipinski definition) is 4. The van der Waals surface area contributed by atoms with Crippen molar-refractivity contribution in [3.63, 3.8) is 0 Å². The molecule has 2 heterocycles. The van der Waals surface area contributed by atoms with E-state index in [1.165, 1.54) is 6.92 Å². The van der Waals surface area contributed by atoms with E-state index in [0.717, 1.165) is 11.3 Å². The molecule has 0 saturated carbocycles. The van der Waals surface area contributed by atoms with Gasteiger partial charge in [0.05, 0.1) is 11.1 Å². The second-order valence-electron chi connectivity index (χ2n) is 4.45. The topological polar surface area (TPSA) is 65.8 Å². The Kier molecular flexibility index (Phi) is 3.72. The summed E-state index contributed by atoms with van der Waals surface area (Å²) < 4.78 is 0. The monoisotopic (exact) mass is 271 g/mol. The Hall–Kier alpha value is -2.06. The molecular weight excluding hydrogens is 258 g/mol. The van der Waals surface area contributed by atoms with Crippen molar-refractivity contribution in [1.29, 1.82) is 5.26 Å². The third-order valence-corrected chi connectivity index (χ3v) is 3.56. The summed E-state index contributed by atoms with van der Waals surface area (Å²) in [6.45, 7) is 3.31. The normalized spacial score (nSPS) is 22.7. The van der Waals surface area contributed by atoms with E-state index in [9.17, 15) is 10.1 Å². The van der Waals surface area contributed by atoms with Gasteiger partial charge in [0, 0.05) is 29.6 Å². The van der Waals surface area contributed by atoms with Gasteiger partial charge in [-0.25, -0.2) is 0 Å². The molecule has 0 radical (unpaired) electrons. The number of hydrogen-bond donors (Lipinski definition) is 1. The highest BCUT2D eigenvalue weighted by Crippen LogP contribution is 2.37. The van der Waals surface area contributed by atoms with Gasteiger partial charge in [0.1, 0.15) is 5.92 Å². The maximum absolute atomic E-state index is 11.9. The molecule has 0 aromatic carbocycles. The minimum Gasteiger partial charge on any atom is -0.352 e. The van der Waals surface area contributed by atoms with E-state index in [2.05, 4.69) is 16.4 Å². The number of allylic oxidation sites excluding steroid dienone is 2. The standard InChI is InChI=1S/C14H13N3OS/c1-8-12(9(2)18)13(10-4-3-5-16-7-10)11(6-15)14(19)17-8/h3-5,7,11,13H,1-2H3,(H,17,19)/t11-,13+/m0/s1. The average molecular weight is 271 g/mol. The Labute approximate surface area is 117 Å². The van der Waals surface area contributed by atoms with Crippen LogP contribution < -0.4 is 5.32 Å². The predicted molar refractivity (Wildman–Crippen MR) is 75.2 cm³/mol. The van der Waals surface area contributed by atoms with Gasteiger partial charge in [-0.2, -0.15) is 5.26 Å². The minimum atomic E-state index is -0.540. The fourth-order valence-electron chi connectivity index (χ4n) is 2.42. The lowest BCUT2D eigenvalue weighted by Gasteiger charge is -2.31. The predicted octanol–water partition coefficient (Wildman–Crippen LogP) is 2.10. The molecule has 1 aromatic heterocycles. The lowest BCUT2D eigenvalue weighted by atomic mass is 9.77. The molecular formula is C14H13N3OS. The molecule has 19 heavy (non-hydrogen) atoms. The SMILES string of the molecule is CC(=O)C1=C(C)NC(=S)[C@@H](C#N)[C@H]1c1cccnc1. The van der Waals surface area contributed by atoms with E-state index in [1.54, 1.807) is 25.4 Å². The Bertz CT molecular complexity index is 601. The Morgan fingerprint density at radius 3 is 2.84 bits per heavy atom. The molecule has 2 rings (SSSR count). The zero-order valence-electron chi connectivity index (χ0n) is 10.7. The van der Waals surface area contributed by atoms with Crippen LogP contribution in [-0.4, -0.2) is 15.8 Å².